The lowest BCUT2D eigenvalue weighted by atomic mass is 10.1. The highest BCUT2D eigenvalue weighted by Gasteiger charge is 2.32. The summed E-state index contributed by atoms with van der Waals surface area (Å²) >= 11 is 0. The van der Waals surface area contributed by atoms with Gasteiger partial charge in [0.1, 0.15) is 11.7 Å². The quantitative estimate of drug-likeness (QED) is 0.436. The number of aromatic nitrogens is 1. The monoisotopic (exact) mass is 467 g/mol. The molecule has 0 aliphatic rings. The number of nitrogens with two attached hydrogens (primary N) is 1. The zero-order valence-electron chi connectivity index (χ0n) is 18.5. The van der Waals surface area contributed by atoms with Gasteiger partial charge in [-0.2, -0.15) is 18.4 Å². The number of alkyl halides is 3. The molecule has 2 aromatic rings. The van der Waals surface area contributed by atoms with Gasteiger partial charge in [0.25, 0.3) is 0 Å². The third-order valence-electron chi connectivity index (χ3n) is 4.24. The number of nitrogen functional groups attached to an aromatic ring is 1. The molecule has 0 aliphatic heterocycles. The second kappa shape index (κ2) is 9.72. The lowest BCUT2D eigenvalue weighted by Gasteiger charge is -2.20. The molecular formula is C21H24F3N5O4. The van der Waals surface area contributed by atoms with E-state index in [-0.39, 0.29) is 41.4 Å². The Hall–Kier alpha value is -3.88. The number of nitrogens with one attached hydrogen (secondary N) is 2. The molecule has 9 nitrogen and oxygen atoms in total. The van der Waals surface area contributed by atoms with E-state index in [9.17, 15) is 28.0 Å². The highest BCUT2D eigenvalue weighted by Crippen LogP contribution is 2.35. The summed E-state index contributed by atoms with van der Waals surface area (Å²) in [6.07, 6.45) is -4.16. The van der Waals surface area contributed by atoms with Gasteiger partial charge < -0.3 is 30.4 Å². The van der Waals surface area contributed by atoms with Gasteiger partial charge in [0.2, 0.25) is 0 Å². The van der Waals surface area contributed by atoms with Crippen molar-refractivity contribution in [2.75, 3.05) is 31.2 Å². The summed E-state index contributed by atoms with van der Waals surface area (Å²) in [4.78, 5) is 24.0. The van der Waals surface area contributed by atoms with Crippen LogP contribution in [0.3, 0.4) is 0 Å². The van der Waals surface area contributed by atoms with Gasteiger partial charge in [0.15, 0.2) is 5.69 Å². The third kappa shape index (κ3) is 6.31. The molecule has 1 aromatic carbocycles. The van der Waals surface area contributed by atoms with Crippen LogP contribution in [0, 0.1) is 11.3 Å². The van der Waals surface area contributed by atoms with Crippen molar-refractivity contribution in [3.8, 4) is 11.8 Å². The van der Waals surface area contributed by atoms with E-state index in [0.29, 0.717) is 0 Å². The van der Waals surface area contributed by atoms with Crippen LogP contribution in [-0.2, 0) is 15.7 Å². The van der Waals surface area contributed by atoms with Gasteiger partial charge in [0, 0.05) is 19.3 Å². The van der Waals surface area contributed by atoms with Gasteiger partial charge >= 0.3 is 18.2 Å². The molecule has 0 spiro atoms. The zero-order valence-corrected chi connectivity index (χ0v) is 18.5. The van der Waals surface area contributed by atoms with Crippen molar-refractivity contribution in [2.24, 2.45) is 0 Å². The van der Waals surface area contributed by atoms with Crippen molar-refractivity contribution < 1.29 is 32.2 Å². The summed E-state index contributed by atoms with van der Waals surface area (Å²) in [5.41, 5.74) is 3.69. The maximum absolute atomic E-state index is 13.4. The Bertz CT molecular complexity index is 1080. The van der Waals surface area contributed by atoms with E-state index in [4.69, 9.17) is 10.5 Å². The second-order valence-corrected chi connectivity index (χ2v) is 7.86. The normalized spacial score (nSPS) is 11.5. The predicted octanol–water partition coefficient (Wildman–Crippen LogP) is 3.67. The highest BCUT2D eigenvalue weighted by atomic mass is 19.4. The first kappa shape index (κ1) is 25.4. The summed E-state index contributed by atoms with van der Waals surface area (Å²) in [5.74, 6) is -0.927. The molecule has 0 bridgehead atoms. The molecule has 33 heavy (non-hydrogen) atoms. The molecule has 178 valence electrons. The van der Waals surface area contributed by atoms with E-state index in [2.05, 4.69) is 15.4 Å². The highest BCUT2D eigenvalue weighted by molar-refractivity contribution is 5.96. The maximum atomic E-state index is 13.4. The van der Waals surface area contributed by atoms with Crippen LogP contribution in [0.15, 0.2) is 24.4 Å². The van der Waals surface area contributed by atoms with Crippen molar-refractivity contribution in [2.45, 2.75) is 32.5 Å². The van der Waals surface area contributed by atoms with E-state index >= 15 is 0 Å². The van der Waals surface area contributed by atoms with Crippen LogP contribution in [0.1, 0.15) is 42.4 Å². The maximum Gasteiger partial charge on any atom is 0.416 e. The predicted molar refractivity (Wildman–Crippen MR) is 114 cm³/mol. The number of hydrogen-bond donors (Lipinski definition) is 3. The fourth-order valence-corrected chi connectivity index (χ4v) is 2.84. The van der Waals surface area contributed by atoms with Crippen LogP contribution in [0.5, 0.6) is 0 Å². The Morgan fingerprint density at radius 2 is 1.88 bits per heavy atom. The second-order valence-electron chi connectivity index (χ2n) is 7.86. The van der Waals surface area contributed by atoms with Gasteiger partial charge in [-0.1, -0.05) is 0 Å². The molecule has 0 atom stereocenters. The summed E-state index contributed by atoms with van der Waals surface area (Å²) < 4.78 is 51.0. The molecule has 1 aromatic heterocycles. The van der Waals surface area contributed by atoms with E-state index < -0.39 is 29.4 Å². The first-order chi connectivity index (χ1) is 15.3. The molecule has 1 heterocycles. The van der Waals surface area contributed by atoms with E-state index in [0.717, 1.165) is 30.0 Å². The summed E-state index contributed by atoms with van der Waals surface area (Å²) in [7, 11) is 1.08. The van der Waals surface area contributed by atoms with E-state index in [1.54, 1.807) is 26.8 Å². The van der Waals surface area contributed by atoms with Crippen LogP contribution in [0.2, 0.25) is 0 Å². The lowest BCUT2D eigenvalue weighted by molar-refractivity contribution is -0.137. The van der Waals surface area contributed by atoms with Crippen LogP contribution in [0.4, 0.5) is 29.3 Å². The zero-order chi connectivity index (χ0) is 25.0. The first-order valence-corrected chi connectivity index (χ1v) is 9.70. The number of anilines is 2. The first-order valence-electron chi connectivity index (χ1n) is 9.70. The SMILES string of the molecule is COC(=O)c1c(N)c(C#N)cn1-c1cc(C(F)(F)F)ccc1NCCNC(=O)OC(C)(C)C. The molecular weight excluding hydrogens is 443 g/mol. The summed E-state index contributed by atoms with van der Waals surface area (Å²) in [5, 5.41) is 14.7. The molecule has 0 saturated heterocycles. The number of benzene rings is 1. The van der Waals surface area contributed by atoms with Gasteiger partial charge in [-0.25, -0.2) is 9.59 Å². The van der Waals surface area contributed by atoms with Crippen molar-refractivity contribution in [3.63, 3.8) is 0 Å². The number of nitriles is 1. The minimum absolute atomic E-state index is 0.0873. The number of methoxy groups -OCH3 is 1. The summed E-state index contributed by atoms with van der Waals surface area (Å²) in [6, 6.07) is 4.65. The number of esters is 1. The molecule has 12 heteroatoms. The molecule has 0 saturated carbocycles. The average Bonchev–Trinajstić information content (AvgIpc) is 3.04. The lowest BCUT2D eigenvalue weighted by Crippen LogP contribution is -2.35. The number of nitrogens with zero attached hydrogens (tertiary/aromatic N) is 2. The minimum Gasteiger partial charge on any atom is -0.464 e. The topological polar surface area (TPSA) is 131 Å². The number of halogens is 3. The molecule has 0 radical (unpaired) electrons. The molecule has 1 amide bonds. The summed E-state index contributed by atoms with van der Waals surface area (Å²) in [6.45, 7) is 5.33. The standard InChI is InChI=1S/C21H24F3N5O4/c1-20(2,3)33-19(31)28-8-7-27-14-6-5-13(21(22,23)24)9-15(14)29-11-12(10-25)16(26)17(29)18(30)32-4/h5-6,9,11,27H,7-8,26H2,1-4H3,(H,28,31). The van der Waals surface area contributed by atoms with Crippen LogP contribution < -0.4 is 16.4 Å². The number of ether oxygens (including phenoxy) is 2. The fourth-order valence-electron chi connectivity index (χ4n) is 2.84. The van der Waals surface area contributed by atoms with Gasteiger partial charge in [-0.05, 0) is 39.0 Å². The van der Waals surface area contributed by atoms with Gasteiger partial charge in [-0.3, -0.25) is 0 Å². The molecule has 0 fully saturated rings. The van der Waals surface area contributed by atoms with Crippen molar-refractivity contribution >= 4 is 23.4 Å². The molecule has 2 rings (SSSR count). The molecule has 0 aliphatic carbocycles. The number of hydrogen-bond acceptors (Lipinski definition) is 7. The molecule has 4 N–H and O–H groups in total. The Morgan fingerprint density at radius 1 is 1.21 bits per heavy atom. The largest absolute Gasteiger partial charge is 0.464 e. The van der Waals surface area contributed by atoms with Crippen LogP contribution in [0.25, 0.3) is 5.69 Å². The Balaban J connectivity index is 2.41. The molecule has 0 unspecified atom stereocenters. The number of amides is 1. The number of rotatable bonds is 6. The van der Waals surface area contributed by atoms with Crippen molar-refractivity contribution in [3.05, 3.63) is 41.2 Å². The van der Waals surface area contributed by atoms with Gasteiger partial charge in [-0.15, -0.1) is 0 Å². The van der Waals surface area contributed by atoms with E-state index in [1.807, 2.05) is 0 Å². The number of carbonyl (C=O) groups excluding carboxylic acids is 2. The Labute approximate surface area is 188 Å². The Morgan fingerprint density at radius 3 is 2.42 bits per heavy atom. The average molecular weight is 467 g/mol. The third-order valence-corrected chi connectivity index (χ3v) is 4.24. The number of carbonyl (C=O) groups is 2. The van der Waals surface area contributed by atoms with Crippen LogP contribution >= 0.6 is 0 Å². The fraction of sp³-hybridized carbons (Fsp3) is 0.381. The van der Waals surface area contributed by atoms with Crippen molar-refractivity contribution in [1.29, 1.82) is 5.26 Å². The van der Waals surface area contributed by atoms with Crippen LogP contribution in [-0.4, -0.2) is 42.4 Å². The Kier molecular flexibility index (Phi) is 7.48. The minimum atomic E-state index is -4.66. The van der Waals surface area contributed by atoms with Gasteiger partial charge in [0.05, 0.1) is 35.3 Å². The smallest absolute Gasteiger partial charge is 0.416 e. The number of alkyl carbamates (subject to hydrolysis) is 1. The van der Waals surface area contributed by atoms with Crippen molar-refractivity contribution in [1.82, 2.24) is 9.88 Å². The van der Waals surface area contributed by atoms with E-state index in [1.165, 1.54) is 6.07 Å².